The average Bonchev–Trinajstić information content (AvgIpc) is 2.74. The third-order valence-corrected chi connectivity index (χ3v) is 2.60. The Labute approximate surface area is 94.9 Å². The number of rotatable bonds is 2. The number of nitrogens with zero attached hydrogens (tertiary/aromatic N) is 1. The van der Waals surface area contributed by atoms with Crippen LogP contribution in [0, 0.1) is 5.82 Å². The van der Waals surface area contributed by atoms with E-state index in [0.717, 1.165) is 6.07 Å². The van der Waals surface area contributed by atoms with Gasteiger partial charge in [0.15, 0.2) is 5.13 Å². The number of aromatic nitrogens is 1. The van der Waals surface area contributed by atoms with Gasteiger partial charge in [-0.1, -0.05) is 0 Å². The SMILES string of the molecule is Nc1ccc(F)cc1C(=O)Nc1nccs1. The molecule has 82 valence electrons. The standard InChI is InChI=1S/C10H8FN3OS/c11-6-1-2-8(12)7(5-6)9(15)14-10-13-3-4-16-10/h1-5H,12H2,(H,13,14,15). The van der Waals surface area contributed by atoms with Gasteiger partial charge in [0.25, 0.3) is 5.91 Å². The second-order valence-corrected chi connectivity index (χ2v) is 3.92. The Morgan fingerprint density at radius 3 is 3.00 bits per heavy atom. The molecular weight excluding hydrogens is 229 g/mol. The zero-order valence-corrected chi connectivity index (χ0v) is 8.92. The van der Waals surface area contributed by atoms with E-state index in [1.807, 2.05) is 0 Å². The first-order chi connectivity index (χ1) is 7.66. The van der Waals surface area contributed by atoms with Crippen molar-refractivity contribution in [2.75, 3.05) is 11.1 Å². The van der Waals surface area contributed by atoms with E-state index in [1.54, 1.807) is 11.6 Å². The Hall–Kier alpha value is -1.95. The minimum Gasteiger partial charge on any atom is -0.398 e. The molecular formula is C10H8FN3OS. The predicted octanol–water partition coefficient (Wildman–Crippen LogP) is 2.12. The summed E-state index contributed by atoms with van der Waals surface area (Å²) < 4.78 is 12.9. The maximum Gasteiger partial charge on any atom is 0.259 e. The maximum atomic E-state index is 12.9. The lowest BCUT2D eigenvalue weighted by molar-refractivity contribution is 0.102. The molecule has 1 amide bonds. The molecule has 0 atom stereocenters. The highest BCUT2D eigenvalue weighted by Crippen LogP contribution is 2.17. The van der Waals surface area contributed by atoms with E-state index in [-0.39, 0.29) is 11.3 Å². The fraction of sp³-hybridized carbons (Fsp3) is 0. The van der Waals surface area contributed by atoms with Crippen LogP contribution in [0.4, 0.5) is 15.2 Å². The summed E-state index contributed by atoms with van der Waals surface area (Å²) in [6.07, 6.45) is 1.56. The first-order valence-corrected chi connectivity index (χ1v) is 5.30. The Morgan fingerprint density at radius 2 is 2.31 bits per heavy atom. The van der Waals surface area contributed by atoms with Gasteiger partial charge in [-0.15, -0.1) is 11.3 Å². The molecule has 4 nitrogen and oxygen atoms in total. The van der Waals surface area contributed by atoms with Crippen LogP contribution in [0.25, 0.3) is 0 Å². The predicted molar refractivity (Wildman–Crippen MR) is 60.9 cm³/mol. The monoisotopic (exact) mass is 237 g/mol. The van der Waals surface area contributed by atoms with Crippen LogP contribution in [0.2, 0.25) is 0 Å². The van der Waals surface area contributed by atoms with Crippen LogP contribution in [-0.4, -0.2) is 10.9 Å². The van der Waals surface area contributed by atoms with Gasteiger partial charge < -0.3 is 5.73 Å². The van der Waals surface area contributed by atoms with Crippen molar-refractivity contribution in [3.8, 4) is 0 Å². The van der Waals surface area contributed by atoms with Crippen molar-refractivity contribution in [1.82, 2.24) is 4.98 Å². The van der Waals surface area contributed by atoms with E-state index in [9.17, 15) is 9.18 Å². The van der Waals surface area contributed by atoms with Crippen molar-refractivity contribution in [1.29, 1.82) is 0 Å². The molecule has 2 rings (SSSR count). The molecule has 0 saturated carbocycles. The van der Waals surface area contributed by atoms with Gasteiger partial charge in [0.05, 0.1) is 5.56 Å². The van der Waals surface area contributed by atoms with Gasteiger partial charge >= 0.3 is 0 Å². The molecule has 3 N–H and O–H groups in total. The third kappa shape index (κ3) is 2.17. The lowest BCUT2D eigenvalue weighted by Crippen LogP contribution is -2.14. The van der Waals surface area contributed by atoms with Crippen molar-refractivity contribution in [2.45, 2.75) is 0 Å². The smallest absolute Gasteiger partial charge is 0.259 e. The molecule has 16 heavy (non-hydrogen) atoms. The Bertz CT molecular complexity index is 513. The van der Waals surface area contributed by atoms with Crippen LogP contribution < -0.4 is 11.1 Å². The third-order valence-electron chi connectivity index (χ3n) is 1.91. The molecule has 6 heteroatoms. The zero-order chi connectivity index (χ0) is 11.5. The summed E-state index contributed by atoms with van der Waals surface area (Å²) in [6, 6.07) is 3.65. The van der Waals surface area contributed by atoms with Crippen molar-refractivity contribution >= 4 is 28.1 Å². The second kappa shape index (κ2) is 4.28. The van der Waals surface area contributed by atoms with Gasteiger partial charge in [0.2, 0.25) is 0 Å². The molecule has 0 spiro atoms. The van der Waals surface area contributed by atoms with Crippen LogP contribution in [0.1, 0.15) is 10.4 Å². The maximum absolute atomic E-state index is 12.9. The minimum absolute atomic E-state index is 0.107. The lowest BCUT2D eigenvalue weighted by Gasteiger charge is -2.04. The Morgan fingerprint density at radius 1 is 1.50 bits per heavy atom. The van der Waals surface area contributed by atoms with Crippen molar-refractivity contribution in [2.24, 2.45) is 0 Å². The fourth-order valence-corrected chi connectivity index (χ4v) is 1.70. The molecule has 2 aromatic rings. The van der Waals surface area contributed by atoms with Crippen LogP contribution in [-0.2, 0) is 0 Å². The van der Waals surface area contributed by atoms with Gasteiger partial charge in [-0.25, -0.2) is 9.37 Å². The number of carbonyl (C=O) groups excluding carboxylic acids is 1. The summed E-state index contributed by atoms with van der Waals surface area (Å²) in [5.74, 6) is -0.967. The fourth-order valence-electron chi connectivity index (χ4n) is 1.17. The highest BCUT2D eigenvalue weighted by molar-refractivity contribution is 7.13. The van der Waals surface area contributed by atoms with Crippen LogP contribution >= 0.6 is 11.3 Å². The van der Waals surface area contributed by atoms with Gasteiger partial charge in [0.1, 0.15) is 5.82 Å². The van der Waals surface area contributed by atoms with Crippen LogP contribution in [0.15, 0.2) is 29.8 Å². The number of halogens is 1. The topological polar surface area (TPSA) is 68.0 Å². The molecule has 0 aliphatic carbocycles. The van der Waals surface area contributed by atoms with E-state index in [1.165, 1.54) is 23.5 Å². The summed E-state index contributed by atoms with van der Waals surface area (Å²) in [4.78, 5) is 15.6. The second-order valence-electron chi connectivity index (χ2n) is 3.02. The minimum atomic E-state index is -0.501. The Kier molecular flexibility index (Phi) is 2.82. The number of anilines is 2. The van der Waals surface area contributed by atoms with E-state index >= 15 is 0 Å². The number of nitrogen functional groups attached to an aromatic ring is 1. The highest BCUT2D eigenvalue weighted by atomic mass is 32.1. The van der Waals surface area contributed by atoms with Crippen LogP contribution in [0.3, 0.4) is 0 Å². The molecule has 0 bridgehead atoms. The molecule has 0 radical (unpaired) electrons. The Balaban J connectivity index is 2.24. The highest BCUT2D eigenvalue weighted by Gasteiger charge is 2.11. The molecule has 1 aromatic heterocycles. The largest absolute Gasteiger partial charge is 0.398 e. The van der Waals surface area contributed by atoms with Gasteiger partial charge in [0, 0.05) is 17.3 Å². The van der Waals surface area contributed by atoms with E-state index in [4.69, 9.17) is 5.73 Å². The summed E-state index contributed by atoms with van der Waals surface area (Å²) in [5.41, 5.74) is 5.91. The summed E-state index contributed by atoms with van der Waals surface area (Å²) >= 11 is 1.28. The number of nitrogens with one attached hydrogen (secondary N) is 1. The van der Waals surface area contributed by atoms with E-state index < -0.39 is 11.7 Å². The van der Waals surface area contributed by atoms with Gasteiger partial charge in [-0.2, -0.15) is 0 Å². The molecule has 1 aromatic carbocycles. The first-order valence-electron chi connectivity index (χ1n) is 4.42. The van der Waals surface area contributed by atoms with Crippen molar-refractivity contribution in [3.05, 3.63) is 41.2 Å². The number of hydrogen-bond donors (Lipinski definition) is 2. The molecule has 1 heterocycles. The van der Waals surface area contributed by atoms with E-state index in [2.05, 4.69) is 10.3 Å². The summed E-state index contributed by atoms with van der Waals surface area (Å²) in [5, 5.41) is 4.71. The molecule has 0 fully saturated rings. The summed E-state index contributed by atoms with van der Waals surface area (Å²) in [6.45, 7) is 0. The number of nitrogens with two attached hydrogens (primary N) is 1. The summed E-state index contributed by atoms with van der Waals surface area (Å²) in [7, 11) is 0. The molecule has 0 saturated heterocycles. The quantitative estimate of drug-likeness (QED) is 0.786. The van der Waals surface area contributed by atoms with Crippen molar-refractivity contribution in [3.63, 3.8) is 0 Å². The zero-order valence-electron chi connectivity index (χ0n) is 8.11. The normalized spacial score (nSPS) is 10.1. The lowest BCUT2D eigenvalue weighted by atomic mass is 10.1. The first kappa shape index (κ1) is 10.6. The van der Waals surface area contributed by atoms with Crippen molar-refractivity contribution < 1.29 is 9.18 Å². The van der Waals surface area contributed by atoms with E-state index in [0.29, 0.717) is 5.13 Å². The number of hydrogen-bond acceptors (Lipinski definition) is 4. The van der Waals surface area contributed by atoms with Gasteiger partial charge in [-0.3, -0.25) is 10.1 Å². The van der Waals surface area contributed by atoms with Gasteiger partial charge in [-0.05, 0) is 18.2 Å². The number of amides is 1. The molecule has 0 unspecified atom stereocenters. The average molecular weight is 237 g/mol. The molecule has 0 aliphatic heterocycles. The van der Waals surface area contributed by atoms with Crippen LogP contribution in [0.5, 0.6) is 0 Å². The molecule has 0 aliphatic rings. The number of benzene rings is 1. The number of thiazole rings is 1. The number of carbonyl (C=O) groups is 1.